The second-order valence-electron chi connectivity index (χ2n) is 5.75. The molecule has 3 aromatic rings. The summed E-state index contributed by atoms with van der Waals surface area (Å²) in [6.45, 7) is 0.990. The number of para-hydroxylation sites is 1. The summed E-state index contributed by atoms with van der Waals surface area (Å²) < 4.78 is 6.05. The Balaban J connectivity index is 1.44. The molecule has 0 saturated carbocycles. The topological polar surface area (TPSA) is 71.8 Å². The summed E-state index contributed by atoms with van der Waals surface area (Å²) in [6.07, 6.45) is 5.02. The number of azo groups is 1. The van der Waals surface area contributed by atoms with E-state index in [1.165, 1.54) is 0 Å². The summed E-state index contributed by atoms with van der Waals surface area (Å²) in [5.74, 6) is 0.781. The van der Waals surface area contributed by atoms with Gasteiger partial charge < -0.3 is 10.1 Å². The summed E-state index contributed by atoms with van der Waals surface area (Å²) in [5, 5.41) is 13.2. The van der Waals surface area contributed by atoms with E-state index in [-0.39, 0.29) is 0 Å². The highest BCUT2D eigenvalue weighted by Crippen LogP contribution is 2.33. The third-order valence-corrected chi connectivity index (χ3v) is 4.34. The van der Waals surface area contributed by atoms with Crippen molar-refractivity contribution in [2.75, 3.05) is 18.5 Å². The largest absolute Gasteiger partial charge is 0.367 e. The van der Waals surface area contributed by atoms with Crippen LogP contribution in [0.1, 0.15) is 5.56 Å². The number of rotatable bonds is 6. The molecule has 0 saturated heterocycles. The number of fused-ring (bicyclic) bond motifs is 1. The Morgan fingerprint density at radius 1 is 1.04 bits per heavy atom. The van der Waals surface area contributed by atoms with Gasteiger partial charge in [-0.25, -0.2) is 9.97 Å². The van der Waals surface area contributed by atoms with Gasteiger partial charge in [-0.05, 0) is 30.3 Å². The van der Waals surface area contributed by atoms with E-state index in [1.54, 1.807) is 12.5 Å². The molecule has 0 radical (unpaired) electrons. The Hall–Kier alpha value is -2.83. The van der Waals surface area contributed by atoms with E-state index in [0.29, 0.717) is 18.2 Å². The lowest BCUT2D eigenvalue weighted by Gasteiger charge is -2.24. The summed E-state index contributed by atoms with van der Waals surface area (Å²) in [5.41, 5.74) is 0.878. The van der Waals surface area contributed by atoms with Gasteiger partial charge in [-0.3, -0.25) is 0 Å². The van der Waals surface area contributed by atoms with Gasteiger partial charge in [0.05, 0.1) is 18.3 Å². The molecule has 130 valence electrons. The number of hydrogen-bond donors (Lipinski definition) is 1. The highest BCUT2D eigenvalue weighted by atomic mass is 35.5. The first-order valence-corrected chi connectivity index (χ1v) is 8.58. The molecule has 0 fully saturated rings. The number of halogens is 1. The van der Waals surface area contributed by atoms with Gasteiger partial charge in [-0.15, -0.1) is 5.11 Å². The third-order valence-electron chi connectivity index (χ3n) is 4.09. The van der Waals surface area contributed by atoms with E-state index in [2.05, 4.69) is 25.5 Å². The van der Waals surface area contributed by atoms with Crippen molar-refractivity contribution < 1.29 is 4.74 Å². The average Bonchev–Trinajstić information content (AvgIpc) is 3.16. The quantitative estimate of drug-likeness (QED) is 0.651. The smallest absolute Gasteiger partial charge is 0.226 e. The van der Waals surface area contributed by atoms with E-state index < -0.39 is 5.72 Å². The molecule has 0 amide bonds. The van der Waals surface area contributed by atoms with Crippen LogP contribution in [-0.2, 0) is 10.5 Å². The van der Waals surface area contributed by atoms with Gasteiger partial charge in [0.15, 0.2) is 0 Å². The lowest BCUT2D eigenvalue weighted by molar-refractivity contribution is -0.000889. The summed E-state index contributed by atoms with van der Waals surface area (Å²) in [6, 6.07) is 15.3. The minimum Gasteiger partial charge on any atom is -0.367 e. The molecular formula is C19H16ClN5O. The number of benzene rings is 2. The number of anilines is 1. The molecule has 1 atom stereocenters. The maximum Gasteiger partial charge on any atom is 0.226 e. The zero-order valence-electron chi connectivity index (χ0n) is 13.8. The van der Waals surface area contributed by atoms with Gasteiger partial charge in [0.2, 0.25) is 5.72 Å². The second kappa shape index (κ2) is 7.19. The lowest BCUT2D eigenvalue weighted by atomic mass is 10.0. The number of nitrogens with one attached hydrogen (secondary N) is 1. The zero-order valence-corrected chi connectivity index (χ0v) is 14.6. The Labute approximate surface area is 155 Å². The van der Waals surface area contributed by atoms with Crippen LogP contribution < -0.4 is 5.32 Å². The van der Waals surface area contributed by atoms with Crippen LogP contribution in [0.4, 0.5) is 5.82 Å². The molecule has 0 spiro atoms. The summed E-state index contributed by atoms with van der Waals surface area (Å²) in [7, 11) is 0. The molecule has 1 unspecified atom stereocenters. The Bertz CT molecular complexity index is 954. The van der Waals surface area contributed by atoms with Gasteiger partial charge in [-0.1, -0.05) is 35.9 Å². The predicted molar refractivity (Wildman–Crippen MR) is 101 cm³/mol. The SMILES string of the molecule is Clc1ccc(C2(OCCNc3ncnc4ccccc34)C=CN=N2)cc1. The van der Waals surface area contributed by atoms with Crippen LogP contribution in [0.25, 0.3) is 10.9 Å². The molecule has 1 aliphatic rings. The number of hydrogen-bond acceptors (Lipinski definition) is 6. The van der Waals surface area contributed by atoms with Crippen molar-refractivity contribution in [1.82, 2.24) is 9.97 Å². The van der Waals surface area contributed by atoms with Crippen molar-refractivity contribution in [3.05, 3.63) is 77.7 Å². The molecular weight excluding hydrogens is 350 g/mol. The normalized spacial score (nSPS) is 18.5. The summed E-state index contributed by atoms with van der Waals surface area (Å²) in [4.78, 5) is 8.57. The Morgan fingerprint density at radius 2 is 1.88 bits per heavy atom. The Kier molecular flexibility index (Phi) is 4.60. The fraction of sp³-hybridized carbons (Fsp3) is 0.158. The van der Waals surface area contributed by atoms with Crippen molar-refractivity contribution in [1.29, 1.82) is 0 Å². The maximum atomic E-state index is 6.05. The Morgan fingerprint density at radius 3 is 2.69 bits per heavy atom. The second-order valence-corrected chi connectivity index (χ2v) is 6.19. The van der Waals surface area contributed by atoms with Gasteiger partial charge in [0.1, 0.15) is 12.1 Å². The molecule has 1 N–H and O–H groups in total. The van der Waals surface area contributed by atoms with Gasteiger partial charge >= 0.3 is 0 Å². The molecule has 2 aromatic carbocycles. The van der Waals surface area contributed by atoms with Crippen molar-refractivity contribution in [3.63, 3.8) is 0 Å². The first-order valence-electron chi connectivity index (χ1n) is 8.20. The average molecular weight is 366 g/mol. The van der Waals surface area contributed by atoms with E-state index in [4.69, 9.17) is 16.3 Å². The van der Waals surface area contributed by atoms with Gasteiger partial charge in [-0.2, -0.15) is 5.11 Å². The monoisotopic (exact) mass is 365 g/mol. The zero-order chi connectivity index (χ0) is 17.8. The maximum absolute atomic E-state index is 6.05. The molecule has 1 aliphatic heterocycles. The fourth-order valence-corrected chi connectivity index (χ4v) is 2.94. The molecule has 6 nitrogen and oxygen atoms in total. The first kappa shape index (κ1) is 16.6. The molecule has 0 bridgehead atoms. The number of nitrogens with zero attached hydrogens (tertiary/aromatic N) is 4. The van der Waals surface area contributed by atoms with Crippen molar-refractivity contribution in [2.45, 2.75) is 5.72 Å². The minimum absolute atomic E-state index is 0.421. The van der Waals surface area contributed by atoms with E-state index >= 15 is 0 Å². The predicted octanol–water partition coefficient (Wildman–Crippen LogP) is 4.54. The van der Waals surface area contributed by atoms with Crippen LogP contribution in [-0.4, -0.2) is 23.1 Å². The highest BCUT2D eigenvalue weighted by Gasteiger charge is 2.32. The number of ether oxygens (including phenoxy) is 1. The van der Waals surface area contributed by atoms with Crippen molar-refractivity contribution in [2.24, 2.45) is 10.2 Å². The van der Waals surface area contributed by atoms with Crippen molar-refractivity contribution in [3.8, 4) is 0 Å². The highest BCUT2D eigenvalue weighted by molar-refractivity contribution is 6.30. The van der Waals surface area contributed by atoms with Gasteiger partial charge in [0, 0.05) is 22.5 Å². The van der Waals surface area contributed by atoms with E-state index in [1.807, 2.05) is 54.6 Å². The van der Waals surface area contributed by atoms with Gasteiger partial charge in [0.25, 0.3) is 0 Å². The molecule has 7 heteroatoms. The van der Waals surface area contributed by atoms with Crippen LogP contribution in [0.5, 0.6) is 0 Å². The molecule has 2 heterocycles. The van der Waals surface area contributed by atoms with Crippen LogP contribution in [0.3, 0.4) is 0 Å². The van der Waals surface area contributed by atoms with Crippen molar-refractivity contribution >= 4 is 28.3 Å². The van der Waals surface area contributed by atoms with Crippen LogP contribution in [0, 0.1) is 0 Å². The third kappa shape index (κ3) is 3.29. The van der Waals surface area contributed by atoms with E-state index in [0.717, 1.165) is 22.3 Å². The van der Waals surface area contributed by atoms with Crippen LogP contribution in [0.2, 0.25) is 5.02 Å². The first-order chi connectivity index (χ1) is 12.8. The number of aromatic nitrogens is 2. The molecule has 1 aromatic heterocycles. The molecule has 0 aliphatic carbocycles. The fourth-order valence-electron chi connectivity index (χ4n) is 2.81. The standard InChI is InChI=1S/C19H16ClN5O/c20-15-7-5-14(6-8-15)19(9-10-24-25-19)26-12-11-21-18-16-3-1-2-4-17(16)22-13-23-18/h1-10,13H,11-12H2,(H,21,22,23). The summed E-state index contributed by atoms with van der Waals surface area (Å²) >= 11 is 5.97. The van der Waals surface area contributed by atoms with E-state index in [9.17, 15) is 0 Å². The van der Waals surface area contributed by atoms with Crippen LogP contribution >= 0.6 is 11.6 Å². The molecule has 26 heavy (non-hydrogen) atoms. The lowest BCUT2D eigenvalue weighted by Crippen LogP contribution is -2.26. The minimum atomic E-state index is -0.903. The van der Waals surface area contributed by atoms with Crippen LogP contribution in [0.15, 0.2) is 77.4 Å². The molecule has 4 rings (SSSR count).